The molecule has 0 aliphatic rings. The number of carbonyl (C=O) groups excluding carboxylic acids is 1. The molecule has 1 aromatic rings. The molecule has 2 nitrogen and oxygen atoms in total. The average Bonchev–Trinajstić information content (AvgIpc) is 2.25. The Kier molecular flexibility index (Phi) is 4.26. The second-order valence-electron chi connectivity index (χ2n) is 4.49. The third kappa shape index (κ3) is 3.79. The van der Waals surface area contributed by atoms with Crippen LogP contribution in [0.4, 0.5) is 0 Å². The highest BCUT2D eigenvalue weighted by Gasteiger charge is 2.17. The summed E-state index contributed by atoms with van der Waals surface area (Å²) in [5.74, 6) is -0.247. The van der Waals surface area contributed by atoms with Crippen LogP contribution in [-0.2, 0) is 9.53 Å². The van der Waals surface area contributed by atoms with Crippen molar-refractivity contribution in [3.8, 4) is 0 Å². The number of ether oxygens (including phenoxy) is 1. The summed E-state index contributed by atoms with van der Waals surface area (Å²) >= 11 is 0. The summed E-state index contributed by atoms with van der Waals surface area (Å²) in [5.41, 5.74) is 0.936. The average molecular weight is 236 g/mol. The molecule has 0 aromatic heterocycles. The fourth-order valence-electron chi connectivity index (χ4n) is 1.26. The Balaban J connectivity index is 3.17. The van der Waals surface area contributed by atoms with Gasteiger partial charge in [0.05, 0.1) is 12.4 Å². The molecule has 0 aliphatic heterocycles. The number of carbonyl (C=O) groups is 1. The zero-order valence-corrected chi connectivity index (χ0v) is 11.0. The van der Waals surface area contributed by atoms with Crippen molar-refractivity contribution in [2.75, 3.05) is 7.11 Å². The van der Waals surface area contributed by atoms with E-state index < -0.39 is 0 Å². The highest BCUT2D eigenvalue weighted by molar-refractivity contribution is 7.46. The third-order valence-electron chi connectivity index (χ3n) is 1.87. The van der Waals surface area contributed by atoms with Gasteiger partial charge in [0.1, 0.15) is 0 Å². The van der Waals surface area contributed by atoms with Crippen molar-refractivity contribution < 1.29 is 9.53 Å². The summed E-state index contributed by atoms with van der Waals surface area (Å²) < 4.78 is 4.83. The van der Waals surface area contributed by atoms with Crippen LogP contribution in [0.3, 0.4) is 0 Å². The predicted molar refractivity (Wildman–Crippen MR) is 69.2 cm³/mol. The number of esters is 1. The van der Waals surface area contributed by atoms with Gasteiger partial charge in [-0.3, -0.25) is 0 Å². The number of benzene rings is 1. The third-order valence-corrected chi connectivity index (χ3v) is 3.21. The first-order chi connectivity index (χ1) is 7.44. The minimum Gasteiger partial charge on any atom is -0.465 e. The summed E-state index contributed by atoms with van der Waals surface area (Å²) in [6.07, 6.45) is 0. The molecular weight excluding hydrogens is 219 g/mol. The normalized spacial score (nSPS) is 12.4. The lowest BCUT2D eigenvalue weighted by atomic mass is 10.1. The van der Waals surface area contributed by atoms with Gasteiger partial charge in [-0.25, -0.2) is 4.79 Å². The van der Waals surface area contributed by atoms with Gasteiger partial charge in [0.2, 0.25) is 0 Å². The molecule has 16 heavy (non-hydrogen) atoms. The van der Waals surface area contributed by atoms with E-state index in [0.29, 0.717) is 0 Å². The zero-order chi connectivity index (χ0) is 12.2. The highest BCUT2D eigenvalue weighted by atomic mass is 31.1. The van der Waals surface area contributed by atoms with Crippen LogP contribution in [-0.4, -0.2) is 23.5 Å². The van der Waals surface area contributed by atoms with E-state index in [1.807, 2.05) is 30.3 Å². The lowest BCUT2D eigenvalue weighted by Gasteiger charge is -2.14. The van der Waals surface area contributed by atoms with Gasteiger partial charge in [0.25, 0.3) is 0 Å². The molecule has 0 saturated heterocycles. The fraction of sp³-hybridized carbons (Fsp3) is 0.385. The Hall–Kier alpha value is -1.14. The van der Waals surface area contributed by atoms with E-state index in [-0.39, 0.29) is 11.1 Å². The quantitative estimate of drug-likeness (QED) is 0.582. The van der Waals surface area contributed by atoms with Gasteiger partial charge in [-0.2, -0.15) is 0 Å². The molecule has 1 rings (SSSR count). The molecule has 0 aliphatic carbocycles. The minimum absolute atomic E-state index is 0.0410. The topological polar surface area (TPSA) is 26.3 Å². The molecule has 86 valence electrons. The monoisotopic (exact) mass is 236 g/mol. The molecule has 0 radical (unpaired) electrons. The molecular formula is C13H17O2P. The molecule has 0 unspecified atom stereocenters. The SMILES string of the molecule is COC(=O)C(=PC(C)(C)C)c1ccccc1. The van der Waals surface area contributed by atoms with Gasteiger partial charge < -0.3 is 4.74 Å². The lowest BCUT2D eigenvalue weighted by Crippen LogP contribution is -2.18. The Morgan fingerprint density at radius 3 is 2.19 bits per heavy atom. The van der Waals surface area contributed by atoms with Gasteiger partial charge in [0.15, 0.2) is 0 Å². The maximum atomic E-state index is 11.7. The molecule has 0 saturated carbocycles. The smallest absolute Gasteiger partial charge is 0.342 e. The molecule has 0 bridgehead atoms. The maximum absolute atomic E-state index is 11.7. The van der Waals surface area contributed by atoms with Gasteiger partial charge in [-0.15, -0.1) is 0 Å². The molecule has 3 heteroatoms. The first-order valence-corrected chi connectivity index (χ1v) is 6.07. The van der Waals surface area contributed by atoms with Crippen LogP contribution in [0.1, 0.15) is 26.3 Å². The zero-order valence-electron chi connectivity index (χ0n) is 10.2. The van der Waals surface area contributed by atoms with Crippen molar-refractivity contribution in [3.05, 3.63) is 35.9 Å². The van der Waals surface area contributed by atoms with Gasteiger partial charge in [-0.1, -0.05) is 59.3 Å². The van der Waals surface area contributed by atoms with Crippen LogP contribution in [0.15, 0.2) is 30.3 Å². The number of rotatable bonds is 2. The fourth-order valence-corrected chi connectivity index (χ4v) is 2.39. The van der Waals surface area contributed by atoms with E-state index in [0.717, 1.165) is 19.1 Å². The Morgan fingerprint density at radius 1 is 1.19 bits per heavy atom. The van der Waals surface area contributed by atoms with E-state index in [1.165, 1.54) is 7.11 Å². The first kappa shape index (κ1) is 12.9. The van der Waals surface area contributed by atoms with Gasteiger partial charge in [0, 0.05) is 5.16 Å². The second kappa shape index (κ2) is 5.27. The number of hydrogen-bond acceptors (Lipinski definition) is 2. The van der Waals surface area contributed by atoms with E-state index in [2.05, 4.69) is 20.8 Å². The summed E-state index contributed by atoms with van der Waals surface area (Å²) in [4.78, 5) is 11.7. The van der Waals surface area contributed by atoms with Crippen molar-refractivity contribution in [1.82, 2.24) is 0 Å². The van der Waals surface area contributed by atoms with Crippen LogP contribution in [0.25, 0.3) is 0 Å². The summed E-state index contributed by atoms with van der Waals surface area (Å²) in [6, 6.07) is 9.66. The van der Waals surface area contributed by atoms with Crippen LogP contribution >= 0.6 is 8.20 Å². The molecule has 0 spiro atoms. The molecule has 0 fully saturated rings. The maximum Gasteiger partial charge on any atom is 0.342 e. The van der Waals surface area contributed by atoms with E-state index in [9.17, 15) is 4.79 Å². The summed E-state index contributed by atoms with van der Waals surface area (Å²) in [6.45, 7) is 6.29. The van der Waals surface area contributed by atoms with Crippen LogP contribution in [0, 0.1) is 0 Å². The van der Waals surface area contributed by atoms with E-state index in [4.69, 9.17) is 4.74 Å². The lowest BCUT2D eigenvalue weighted by molar-refractivity contribution is -0.132. The second-order valence-corrected chi connectivity index (χ2v) is 6.50. The number of methoxy groups -OCH3 is 1. The van der Waals surface area contributed by atoms with Crippen molar-refractivity contribution >= 4 is 19.5 Å². The minimum atomic E-state index is -0.247. The molecule has 0 atom stereocenters. The largest absolute Gasteiger partial charge is 0.465 e. The Morgan fingerprint density at radius 2 is 1.75 bits per heavy atom. The van der Waals surface area contributed by atoms with Crippen molar-refractivity contribution in [1.29, 1.82) is 0 Å². The van der Waals surface area contributed by atoms with Gasteiger partial charge >= 0.3 is 5.97 Å². The Bertz CT molecular complexity index is 388. The molecule has 0 heterocycles. The highest BCUT2D eigenvalue weighted by Crippen LogP contribution is 2.26. The molecule has 1 aromatic carbocycles. The molecule has 0 N–H and O–H groups in total. The standard InChI is InChI=1S/C13H17O2P/c1-13(2,3)16-11(12(14)15-4)10-8-6-5-7-9-10/h5-9H,1-4H3. The Labute approximate surface area is 98.4 Å². The van der Waals surface area contributed by atoms with E-state index in [1.54, 1.807) is 0 Å². The van der Waals surface area contributed by atoms with Crippen LogP contribution < -0.4 is 0 Å². The number of hydrogen-bond donors (Lipinski definition) is 0. The van der Waals surface area contributed by atoms with Crippen molar-refractivity contribution in [3.63, 3.8) is 0 Å². The van der Waals surface area contributed by atoms with Crippen LogP contribution in [0.5, 0.6) is 0 Å². The molecule has 0 amide bonds. The van der Waals surface area contributed by atoms with Crippen LogP contribution in [0.2, 0.25) is 0 Å². The first-order valence-electron chi connectivity index (χ1n) is 5.17. The van der Waals surface area contributed by atoms with Crippen molar-refractivity contribution in [2.24, 2.45) is 0 Å². The van der Waals surface area contributed by atoms with Crippen molar-refractivity contribution in [2.45, 2.75) is 25.9 Å². The summed E-state index contributed by atoms with van der Waals surface area (Å²) in [5, 5.41) is 0.759. The van der Waals surface area contributed by atoms with Gasteiger partial charge in [-0.05, 0) is 5.56 Å². The summed E-state index contributed by atoms with van der Waals surface area (Å²) in [7, 11) is 2.40. The predicted octanol–water partition coefficient (Wildman–Crippen LogP) is 3.12. The van der Waals surface area contributed by atoms with E-state index >= 15 is 0 Å².